The van der Waals surface area contributed by atoms with Gasteiger partial charge in [0.05, 0.1) is 17.1 Å². The summed E-state index contributed by atoms with van der Waals surface area (Å²) in [5.74, 6) is 0.535. The summed E-state index contributed by atoms with van der Waals surface area (Å²) < 4.78 is 6.33. The predicted octanol–water partition coefficient (Wildman–Crippen LogP) is 6.00. The summed E-state index contributed by atoms with van der Waals surface area (Å²) in [6.07, 6.45) is 3.39. The van der Waals surface area contributed by atoms with Crippen LogP contribution in [0.5, 0.6) is 0 Å². The molecule has 3 aromatic heterocycles. The minimum absolute atomic E-state index is 0.0395. The molecule has 0 saturated heterocycles. The first-order chi connectivity index (χ1) is 14.3. The SMILES string of the molecule is Cc1cc([C@@H](C)Nc2ccc(C)nc2Cl)c2oc(-c3cccnc3)c(C)c(=O)c2c1. The van der Waals surface area contributed by atoms with Gasteiger partial charge in [-0.05, 0) is 63.6 Å². The molecule has 30 heavy (non-hydrogen) atoms. The van der Waals surface area contributed by atoms with Crippen molar-refractivity contribution in [3.8, 4) is 11.3 Å². The van der Waals surface area contributed by atoms with Crippen molar-refractivity contribution in [3.05, 3.63) is 86.6 Å². The lowest BCUT2D eigenvalue weighted by Crippen LogP contribution is -2.12. The maximum absolute atomic E-state index is 13.2. The van der Waals surface area contributed by atoms with Crippen LogP contribution in [0.25, 0.3) is 22.3 Å². The minimum Gasteiger partial charge on any atom is -0.455 e. The van der Waals surface area contributed by atoms with Gasteiger partial charge in [0.1, 0.15) is 11.3 Å². The topological polar surface area (TPSA) is 68.0 Å². The molecule has 1 atom stereocenters. The van der Waals surface area contributed by atoms with Crippen molar-refractivity contribution in [1.29, 1.82) is 0 Å². The van der Waals surface area contributed by atoms with Gasteiger partial charge in [0.2, 0.25) is 0 Å². The van der Waals surface area contributed by atoms with E-state index in [1.807, 2.05) is 57.2 Å². The summed E-state index contributed by atoms with van der Waals surface area (Å²) in [6, 6.07) is 11.3. The van der Waals surface area contributed by atoms with Gasteiger partial charge in [0.15, 0.2) is 10.6 Å². The third-order valence-electron chi connectivity index (χ3n) is 5.14. The van der Waals surface area contributed by atoms with Crippen LogP contribution in [-0.2, 0) is 0 Å². The second-order valence-corrected chi connectivity index (χ2v) is 7.87. The number of nitrogens with zero attached hydrogens (tertiary/aromatic N) is 2. The van der Waals surface area contributed by atoms with Crippen LogP contribution in [-0.4, -0.2) is 9.97 Å². The molecule has 0 saturated carbocycles. The Bertz CT molecular complexity index is 1300. The van der Waals surface area contributed by atoms with Crippen LogP contribution >= 0.6 is 11.6 Å². The molecule has 0 radical (unpaired) electrons. The van der Waals surface area contributed by atoms with Crippen molar-refractivity contribution in [2.75, 3.05) is 5.32 Å². The summed E-state index contributed by atoms with van der Waals surface area (Å²) in [7, 11) is 0. The second-order valence-electron chi connectivity index (χ2n) is 7.51. The molecule has 4 aromatic rings. The quantitative estimate of drug-likeness (QED) is 0.411. The average Bonchev–Trinajstić information content (AvgIpc) is 2.73. The third-order valence-corrected chi connectivity index (χ3v) is 5.43. The van der Waals surface area contributed by atoms with E-state index in [4.69, 9.17) is 16.0 Å². The zero-order valence-electron chi connectivity index (χ0n) is 17.3. The van der Waals surface area contributed by atoms with Gasteiger partial charge in [-0.15, -0.1) is 0 Å². The van der Waals surface area contributed by atoms with Crippen molar-refractivity contribution < 1.29 is 4.42 Å². The van der Waals surface area contributed by atoms with E-state index < -0.39 is 0 Å². The van der Waals surface area contributed by atoms with E-state index in [1.165, 1.54) is 0 Å². The molecule has 4 rings (SSSR count). The van der Waals surface area contributed by atoms with Gasteiger partial charge in [-0.2, -0.15) is 0 Å². The number of anilines is 1. The van der Waals surface area contributed by atoms with Crippen molar-refractivity contribution in [1.82, 2.24) is 9.97 Å². The van der Waals surface area contributed by atoms with E-state index in [9.17, 15) is 4.79 Å². The van der Waals surface area contributed by atoms with Gasteiger partial charge < -0.3 is 9.73 Å². The zero-order chi connectivity index (χ0) is 21.4. The van der Waals surface area contributed by atoms with Crippen LogP contribution in [0.1, 0.15) is 35.3 Å². The Labute approximate surface area is 179 Å². The summed E-state index contributed by atoms with van der Waals surface area (Å²) in [4.78, 5) is 21.6. The van der Waals surface area contributed by atoms with E-state index in [1.54, 1.807) is 19.3 Å². The Balaban J connectivity index is 1.89. The van der Waals surface area contributed by atoms with E-state index in [0.717, 1.165) is 28.1 Å². The largest absolute Gasteiger partial charge is 0.455 e. The van der Waals surface area contributed by atoms with Crippen LogP contribution in [0.15, 0.2) is 58.0 Å². The fourth-order valence-electron chi connectivity index (χ4n) is 3.61. The number of fused-ring (bicyclic) bond motifs is 1. The maximum atomic E-state index is 13.2. The molecule has 1 aromatic carbocycles. The monoisotopic (exact) mass is 419 g/mol. The molecule has 0 amide bonds. The van der Waals surface area contributed by atoms with Crippen LogP contribution < -0.4 is 10.7 Å². The molecule has 0 spiro atoms. The zero-order valence-corrected chi connectivity index (χ0v) is 18.0. The van der Waals surface area contributed by atoms with E-state index >= 15 is 0 Å². The smallest absolute Gasteiger partial charge is 0.196 e. The highest BCUT2D eigenvalue weighted by Crippen LogP contribution is 2.32. The molecule has 0 aliphatic carbocycles. The van der Waals surface area contributed by atoms with E-state index in [2.05, 4.69) is 15.3 Å². The van der Waals surface area contributed by atoms with Crippen molar-refractivity contribution >= 4 is 28.3 Å². The van der Waals surface area contributed by atoms with E-state index in [0.29, 0.717) is 27.4 Å². The van der Waals surface area contributed by atoms with Crippen LogP contribution in [0.2, 0.25) is 5.15 Å². The summed E-state index contributed by atoms with van der Waals surface area (Å²) in [5, 5.41) is 4.37. The Morgan fingerprint density at radius 3 is 2.63 bits per heavy atom. The number of aryl methyl sites for hydroxylation is 2. The van der Waals surface area contributed by atoms with Crippen LogP contribution in [0.3, 0.4) is 0 Å². The molecule has 0 aliphatic rings. The number of pyridine rings is 2. The maximum Gasteiger partial charge on any atom is 0.196 e. The molecule has 152 valence electrons. The first-order valence-corrected chi connectivity index (χ1v) is 10.1. The second kappa shape index (κ2) is 7.92. The molecular weight excluding hydrogens is 398 g/mol. The third kappa shape index (κ3) is 3.68. The fraction of sp³-hybridized carbons (Fsp3) is 0.208. The first kappa shape index (κ1) is 20.1. The van der Waals surface area contributed by atoms with Crippen LogP contribution in [0, 0.1) is 20.8 Å². The van der Waals surface area contributed by atoms with Crippen LogP contribution in [0.4, 0.5) is 5.69 Å². The number of halogens is 1. The average molecular weight is 420 g/mol. The number of aromatic nitrogens is 2. The number of benzene rings is 1. The van der Waals surface area contributed by atoms with Gasteiger partial charge in [0.25, 0.3) is 0 Å². The summed E-state index contributed by atoms with van der Waals surface area (Å²) in [5.41, 5.74) is 5.30. The number of nitrogens with one attached hydrogen (secondary N) is 1. The molecule has 5 nitrogen and oxygen atoms in total. The standard InChI is InChI=1S/C24H22ClN3O2/c1-13-10-18(16(4)28-20-8-7-14(2)27-24(20)25)23-19(11-13)21(29)15(3)22(30-23)17-6-5-9-26-12-17/h5-12,16,28H,1-4H3/t16-/m1/s1. The van der Waals surface area contributed by atoms with Crippen molar-refractivity contribution in [2.24, 2.45) is 0 Å². The molecule has 6 heteroatoms. The highest BCUT2D eigenvalue weighted by Gasteiger charge is 2.19. The highest BCUT2D eigenvalue weighted by atomic mass is 35.5. The van der Waals surface area contributed by atoms with Gasteiger partial charge in [-0.25, -0.2) is 4.98 Å². The number of rotatable bonds is 4. The van der Waals surface area contributed by atoms with Crippen molar-refractivity contribution in [3.63, 3.8) is 0 Å². The van der Waals surface area contributed by atoms with Gasteiger partial charge in [0, 0.05) is 34.8 Å². The predicted molar refractivity (Wildman–Crippen MR) is 121 cm³/mol. The molecule has 3 heterocycles. The molecule has 0 bridgehead atoms. The molecule has 0 aliphatic heterocycles. The lowest BCUT2D eigenvalue weighted by molar-refractivity contribution is 0.605. The lowest BCUT2D eigenvalue weighted by atomic mass is 9.99. The van der Waals surface area contributed by atoms with Gasteiger partial charge in [-0.1, -0.05) is 17.7 Å². The Hall–Kier alpha value is -3.18. The normalized spacial score (nSPS) is 12.2. The molecular formula is C24H22ClN3O2. The van der Waals surface area contributed by atoms with Gasteiger partial charge in [-0.3, -0.25) is 9.78 Å². The van der Waals surface area contributed by atoms with Crippen molar-refractivity contribution in [2.45, 2.75) is 33.7 Å². The first-order valence-electron chi connectivity index (χ1n) is 9.73. The summed E-state index contributed by atoms with van der Waals surface area (Å²) >= 11 is 6.31. The highest BCUT2D eigenvalue weighted by molar-refractivity contribution is 6.32. The number of hydrogen-bond acceptors (Lipinski definition) is 5. The Morgan fingerprint density at radius 1 is 1.13 bits per heavy atom. The Kier molecular flexibility index (Phi) is 5.31. The minimum atomic E-state index is -0.165. The van der Waals surface area contributed by atoms with E-state index in [-0.39, 0.29) is 11.5 Å². The fourth-order valence-corrected chi connectivity index (χ4v) is 3.86. The molecule has 0 fully saturated rings. The number of hydrogen-bond donors (Lipinski definition) is 1. The lowest BCUT2D eigenvalue weighted by Gasteiger charge is -2.19. The molecule has 1 N–H and O–H groups in total. The Morgan fingerprint density at radius 2 is 1.93 bits per heavy atom. The molecule has 0 unspecified atom stereocenters. The van der Waals surface area contributed by atoms with Gasteiger partial charge >= 0.3 is 0 Å². The summed E-state index contributed by atoms with van der Waals surface area (Å²) in [6.45, 7) is 7.66.